The van der Waals surface area contributed by atoms with E-state index >= 15 is 0 Å². The van der Waals surface area contributed by atoms with Gasteiger partial charge in [-0.05, 0) is 43.7 Å². The van der Waals surface area contributed by atoms with Crippen molar-refractivity contribution < 1.29 is 4.79 Å². The second-order valence-electron chi connectivity index (χ2n) is 6.40. The van der Waals surface area contributed by atoms with Gasteiger partial charge in [0.05, 0.1) is 0 Å². The molecule has 0 aliphatic carbocycles. The molecule has 1 heterocycles. The lowest BCUT2D eigenvalue weighted by Gasteiger charge is -2.34. The van der Waals surface area contributed by atoms with E-state index in [0.29, 0.717) is 11.5 Å². The Morgan fingerprint density at radius 2 is 1.77 bits per heavy atom. The number of carbonyl (C=O) groups excluding carboxylic acids is 1. The van der Waals surface area contributed by atoms with Crippen LogP contribution in [-0.2, 0) is 0 Å². The van der Waals surface area contributed by atoms with E-state index in [4.69, 9.17) is 0 Å². The second-order valence-corrected chi connectivity index (χ2v) is 6.40. The van der Waals surface area contributed by atoms with E-state index in [2.05, 4.69) is 41.5 Å². The third-order valence-electron chi connectivity index (χ3n) is 4.05. The standard InChI is InChI=1S/C17H28N4O/c1-14(2)8-9-18-19-17(22)15-4-6-16(7-5-15)21-12-10-20(3)11-13-21/h4-7,14,18H,8-13H2,1-3H3,(H,19,22). The summed E-state index contributed by atoms with van der Waals surface area (Å²) >= 11 is 0. The van der Waals surface area contributed by atoms with E-state index in [-0.39, 0.29) is 5.91 Å². The van der Waals surface area contributed by atoms with Crippen molar-refractivity contribution in [2.24, 2.45) is 5.92 Å². The van der Waals surface area contributed by atoms with Crippen molar-refractivity contribution in [3.8, 4) is 0 Å². The Kier molecular flexibility index (Phi) is 6.21. The van der Waals surface area contributed by atoms with Crippen molar-refractivity contribution in [3.63, 3.8) is 0 Å². The van der Waals surface area contributed by atoms with Gasteiger partial charge in [-0.3, -0.25) is 10.2 Å². The van der Waals surface area contributed by atoms with E-state index in [1.165, 1.54) is 5.69 Å². The number of amides is 1. The lowest BCUT2D eigenvalue weighted by Crippen LogP contribution is -2.44. The Bertz CT molecular complexity index is 464. The molecule has 1 aliphatic heterocycles. The molecule has 0 aromatic heterocycles. The van der Waals surface area contributed by atoms with Crippen molar-refractivity contribution >= 4 is 11.6 Å². The zero-order valence-electron chi connectivity index (χ0n) is 13.9. The molecule has 1 aromatic carbocycles. The first-order valence-corrected chi connectivity index (χ1v) is 8.13. The highest BCUT2D eigenvalue weighted by atomic mass is 16.2. The number of benzene rings is 1. The molecule has 1 fully saturated rings. The Hall–Kier alpha value is -1.59. The minimum atomic E-state index is -0.0753. The number of nitrogens with zero attached hydrogens (tertiary/aromatic N) is 2. The van der Waals surface area contributed by atoms with Crippen LogP contribution in [0, 0.1) is 5.92 Å². The molecule has 0 bridgehead atoms. The minimum absolute atomic E-state index is 0.0753. The van der Waals surface area contributed by atoms with Gasteiger partial charge in [-0.1, -0.05) is 13.8 Å². The summed E-state index contributed by atoms with van der Waals surface area (Å²) in [7, 11) is 2.15. The van der Waals surface area contributed by atoms with Gasteiger partial charge in [-0.2, -0.15) is 0 Å². The summed E-state index contributed by atoms with van der Waals surface area (Å²) in [5.41, 5.74) is 7.61. The van der Waals surface area contributed by atoms with E-state index < -0.39 is 0 Å². The molecule has 1 saturated heterocycles. The van der Waals surface area contributed by atoms with E-state index in [9.17, 15) is 4.79 Å². The van der Waals surface area contributed by atoms with Crippen LogP contribution >= 0.6 is 0 Å². The average Bonchev–Trinajstić information content (AvgIpc) is 2.52. The third kappa shape index (κ3) is 5.00. The van der Waals surface area contributed by atoms with Crippen LogP contribution in [0.4, 0.5) is 5.69 Å². The molecule has 122 valence electrons. The molecule has 0 radical (unpaired) electrons. The molecule has 2 rings (SSSR count). The number of piperazine rings is 1. The number of carbonyl (C=O) groups is 1. The summed E-state index contributed by atoms with van der Waals surface area (Å²) in [6.07, 6.45) is 1.04. The first kappa shape index (κ1) is 16.8. The molecule has 0 saturated carbocycles. The fraction of sp³-hybridized carbons (Fsp3) is 0.588. The van der Waals surface area contributed by atoms with Crippen LogP contribution in [0.15, 0.2) is 24.3 Å². The molecule has 0 unspecified atom stereocenters. The summed E-state index contributed by atoms with van der Waals surface area (Å²) in [4.78, 5) is 16.7. The van der Waals surface area contributed by atoms with E-state index in [1.807, 2.05) is 24.3 Å². The van der Waals surface area contributed by atoms with Crippen LogP contribution in [-0.4, -0.2) is 50.6 Å². The van der Waals surface area contributed by atoms with Crippen LogP contribution in [0.25, 0.3) is 0 Å². The summed E-state index contributed by atoms with van der Waals surface area (Å²) < 4.78 is 0. The Balaban J connectivity index is 1.82. The molecule has 1 aliphatic rings. The maximum atomic E-state index is 12.0. The molecule has 1 aromatic rings. The maximum Gasteiger partial charge on any atom is 0.265 e. The Morgan fingerprint density at radius 1 is 1.14 bits per heavy atom. The van der Waals surface area contributed by atoms with Gasteiger partial charge in [-0.25, -0.2) is 5.43 Å². The lowest BCUT2D eigenvalue weighted by molar-refractivity contribution is 0.0932. The average molecular weight is 304 g/mol. The summed E-state index contributed by atoms with van der Waals surface area (Å²) in [6.45, 7) is 9.38. The minimum Gasteiger partial charge on any atom is -0.369 e. The molecule has 0 spiro atoms. The van der Waals surface area contributed by atoms with Crippen molar-refractivity contribution in [3.05, 3.63) is 29.8 Å². The van der Waals surface area contributed by atoms with Crippen molar-refractivity contribution in [2.75, 3.05) is 44.7 Å². The van der Waals surface area contributed by atoms with Gasteiger partial charge in [0.1, 0.15) is 0 Å². The molecular formula is C17H28N4O. The quantitative estimate of drug-likeness (QED) is 0.620. The fourth-order valence-electron chi connectivity index (χ4n) is 2.46. The molecule has 2 N–H and O–H groups in total. The zero-order chi connectivity index (χ0) is 15.9. The van der Waals surface area contributed by atoms with Crippen LogP contribution in [0.5, 0.6) is 0 Å². The highest BCUT2D eigenvalue weighted by Gasteiger charge is 2.14. The molecular weight excluding hydrogens is 276 g/mol. The SMILES string of the molecule is CC(C)CCNNC(=O)c1ccc(N2CCN(C)CC2)cc1. The van der Waals surface area contributed by atoms with Crippen LogP contribution in [0.3, 0.4) is 0 Å². The van der Waals surface area contributed by atoms with E-state index in [1.54, 1.807) is 0 Å². The highest BCUT2D eigenvalue weighted by molar-refractivity contribution is 5.94. The topological polar surface area (TPSA) is 47.6 Å². The Labute approximate surface area is 133 Å². The number of hydrogen-bond donors (Lipinski definition) is 2. The van der Waals surface area contributed by atoms with Gasteiger partial charge in [0, 0.05) is 44.0 Å². The van der Waals surface area contributed by atoms with Gasteiger partial charge in [0.15, 0.2) is 0 Å². The highest BCUT2D eigenvalue weighted by Crippen LogP contribution is 2.16. The number of rotatable bonds is 6. The van der Waals surface area contributed by atoms with Crippen molar-refractivity contribution in [1.29, 1.82) is 0 Å². The first-order valence-electron chi connectivity index (χ1n) is 8.13. The molecule has 0 atom stereocenters. The van der Waals surface area contributed by atoms with Crippen molar-refractivity contribution in [2.45, 2.75) is 20.3 Å². The molecule has 22 heavy (non-hydrogen) atoms. The second kappa shape index (κ2) is 8.15. The van der Waals surface area contributed by atoms with E-state index in [0.717, 1.165) is 39.1 Å². The van der Waals surface area contributed by atoms with Crippen LogP contribution in [0.2, 0.25) is 0 Å². The number of anilines is 1. The third-order valence-corrected chi connectivity index (χ3v) is 4.05. The molecule has 5 heteroatoms. The smallest absolute Gasteiger partial charge is 0.265 e. The Morgan fingerprint density at radius 3 is 2.36 bits per heavy atom. The number of nitrogens with one attached hydrogen (secondary N) is 2. The van der Waals surface area contributed by atoms with Crippen molar-refractivity contribution in [1.82, 2.24) is 15.8 Å². The summed E-state index contributed by atoms with van der Waals surface area (Å²) in [5.74, 6) is 0.556. The van der Waals surface area contributed by atoms with Gasteiger partial charge in [0.25, 0.3) is 5.91 Å². The first-order chi connectivity index (χ1) is 10.6. The molecule has 5 nitrogen and oxygen atoms in total. The molecule has 1 amide bonds. The predicted molar refractivity (Wildman–Crippen MR) is 91.1 cm³/mol. The number of hydrogen-bond acceptors (Lipinski definition) is 4. The number of likely N-dealkylation sites (N-methyl/N-ethyl adjacent to an activating group) is 1. The lowest BCUT2D eigenvalue weighted by atomic mass is 10.1. The van der Waals surface area contributed by atoms with Crippen LogP contribution in [0.1, 0.15) is 30.6 Å². The maximum absolute atomic E-state index is 12.0. The number of hydrazine groups is 1. The normalized spacial score (nSPS) is 16.1. The zero-order valence-corrected chi connectivity index (χ0v) is 13.9. The van der Waals surface area contributed by atoms with Gasteiger partial charge >= 0.3 is 0 Å². The summed E-state index contributed by atoms with van der Waals surface area (Å²) in [6, 6.07) is 7.86. The largest absolute Gasteiger partial charge is 0.369 e. The summed E-state index contributed by atoms with van der Waals surface area (Å²) in [5, 5.41) is 0. The van der Waals surface area contributed by atoms with Gasteiger partial charge in [0.2, 0.25) is 0 Å². The van der Waals surface area contributed by atoms with Gasteiger partial charge < -0.3 is 9.80 Å². The monoisotopic (exact) mass is 304 g/mol. The van der Waals surface area contributed by atoms with Crippen LogP contribution < -0.4 is 15.8 Å². The fourth-order valence-corrected chi connectivity index (χ4v) is 2.46. The predicted octanol–water partition coefficient (Wildman–Crippen LogP) is 1.72. The van der Waals surface area contributed by atoms with Gasteiger partial charge in [-0.15, -0.1) is 0 Å².